The molecule has 2 nitrogen and oxygen atoms in total. The molecule has 0 aliphatic carbocycles. The molecule has 2 N–H and O–H groups in total. The van der Waals surface area contributed by atoms with Crippen molar-refractivity contribution in [2.45, 2.75) is 25.7 Å². The minimum absolute atomic E-state index is 0.211. The first-order valence-electron chi connectivity index (χ1n) is 7.24. The molecule has 0 fully saturated rings. The van der Waals surface area contributed by atoms with Gasteiger partial charge in [-0.1, -0.05) is 48.5 Å². The van der Waals surface area contributed by atoms with Crippen LogP contribution in [0.4, 0.5) is 0 Å². The maximum absolute atomic E-state index is 9.12. The fourth-order valence-corrected chi connectivity index (χ4v) is 2.58. The molecule has 0 atom stereocenters. The number of hydrogen-bond donors (Lipinski definition) is 2. The van der Waals surface area contributed by atoms with Crippen LogP contribution in [0, 0.1) is 0 Å². The Morgan fingerprint density at radius 3 is 2.10 bits per heavy atom. The van der Waals surface area contributed by atoms with Gasteiger partial charge < -0.3 is 10.2 Å². The summed E-state index contributed by atoms with van der Waals surface area (Å²) in [4.78, 5) is 0. The topological polar surface area (TPSA) is 40.5 Å². The largest absolute Gasteiger partial charge is 0.396 e. The van der Waals surface area contributed by atoms with Crippen LogP contribution >= 0.6 is 0 Å². The predicted molar refractivity (Wildman–Crippen MR) is 82.7 cm³/mol. The third-order valence-electron chi connectivity index (χ3n) is 3.55. The third kappa shape index (κ3) is 3.69. The molecule has 0 spiro atoms. The van der Waals surface area contributed by atoms with Gasteiger partial charge in [0.15, 0.2) is 0 Å². The first-order valence-corrected chi connectivity index (χ1v) is 7.24. The lowest BCUT2D eigenvalue weighted by atomic mass is 9.90. The molecule has 106 valence electrons. The molecule has 0 radical (unpaired) electrons. The average Bonchev–Trinajstić information content (AvgIpc) is 2.52. The molecule has 2 aromatic rings. The highest BCUT2D eigenvalue weighted by Gasteiger charge is 2.09. The van der Waals surface area contributed by atoms with Gasteiger partial charge in [-0.3, -0.25) is 0 Å². The summed E-state index contributed by atoms with van der Waals surface area (Å²) in [5.41, 5.74) is 5.05. The predicted octanol–water partition coefficient (Wildman–Crippen LogP) is 3.20. The van der Waals surface area contributed by atoms with E-state index in [-0.39, 0.29) is 13.2 Å². The van der Waals surface area contributed by atoms with Crippen LogP contribution in [0.2, 0.25) is 0 Å². The standard InChI is InChI=1S/C18H22O2/c19-13-5-10-16-9-4-11-17(18(16)12-6-14-20)15-7-2-1-3-8-15/h1-4,7-9,11,19-20H,5-6,10,12-14H2. The maximum Gasteiger partial charge on any atom is 0.0434 e. The van der Waals surface area contributed by atoms with E-state index < -0.39 is 0 Å². The Hall–Kier alpha value is -1.64. The highest BCUT2D eigenvalue weighted by Crippen LogP contribution is 2.28. The van der Waals surface area contributed by atoms with Gasteiger partial charge in [0.1, 0.15) is 0 Å². The van der Waals surface area contributed by atoms with Crippen LogP contribution in [0.15, 0.2) is 48.5 Å². The Balaban J connectivity index is 2.39. The minimum atomic E-state index is 0.211. The van der Waals surface area contributed by atoms with Crippen LogP contribution in [0.3, 0.4) is 0 Å². The molecule has 0 heterocycles. The van der Waals surface area contributed by atoms with Crippen molar-refractivity contribution in [3.63, 3.8) is 0 Å². The molecular weight excluding hydrogens is 248 g/mol. The van der Waals surface area contributed by atoms with Crippen LogP contribution < -0.4 is 0 Å². The van der Waals surface area contributed by atoms with Gasteiger partial charge in [0.2, 0.25) is 0 Å². The summed E-state index contributed by atoms with van der Waals surface area (Å²) >= 11 is 0. The average molecular weight is 270 g/mol. The zero-order valence-corrected chi connectivity index (χ0v) is 11.8. The van der Waals surface area contributed by atoms with E-state index in [1.807, 2.05) is 18.2 Å². The van der Waals surface area contributed by atoms with E-state index in [1.54, 1.807) is 0 Å². The summed E-state index contributed by atoms with van der Waals surface area (Å²) in [5, 5.41) is 18.2. The second kappa shape index (κ2) is 7.83. The van der Waals surface area contributed by atoms with Crippen LogP contribution in [0.25, 0.3) is 11.1 Å². The van der Waals surface area contributed by atoms with E-state index in [1.165, 1.54) is 22.3 Å². The fraction of sp³-hybridized carbons (Fsp3) is 0.333. The Labute approximate surface area is 120 Å². The molecule has 0 saturated heterocycles. The maximum atomic E-state index is 9.12. The third-order valence-corrected chi connectivity index (χ3v) is 3.55. The van der Waals surface area contributed by atoms with Crippen LogP contribution in [0.5, 0.6) is 0 Å². The summed E-state index contributed by atoms with van der Waals surface area (Å²) in [7, 11) is 0. The first kappa shape index (κ1) is 14.8. The Bertz CT molecular complexity index is 520. The molecule has 2 aromatic carbocycles. The number of rotatable bonds is 7. The highest BCUT2D eigenvalue weighted by molar-refractivity contribution is 5.68. The van der Waals surface area contributed by atoms with Crippen molar-refractivity contribution in [2.24, 2.45) is 0 Å². The molecule has 0 saturated carbocycles. The van der Waals surface area contributed by atoms with Crippen molar-refractivity contribution in [1.82, 2.24) is 0 Å². The van der Waals surface area contributed by atoms with Gasteiger partial charge >= 0.3 is 0 Å². The lowest BCUT2D eigenvalue weighted by Crippen LogP contribution is -2.01. The first-order chi connectivity index (χ1) is 9.86. The normalized spacial score (nSPS) is 10.7. The summed E-state index contributed by atoms with van der Waals surface area (Å²) in [6, 6.07) is 16.7. The SMILES string of the molecule is OCCCc1cccc(-c2ccccc2)c1CCCO. The molecule has 0 amide bonds. The van der Waals surface area contributed by atoms with Gasteiger partial charge in [-0.15, -0.1) is 0 Å². The van der Waals surface area contributed by atoms with Crippen LogP contribution in [0.1, 0.15) is 24.0 Å². The van der Waals surface area contributed by atoms with E-state index in [0.29, 0.717) is 0 Å². The van der Waals surface area contributed by atoms with E-state index >= 15 is 0 Å². The van der Waals surface area contributed by atoms with Gasteiger partial charge in [0, 0.05) is 13.2 Å². The quantitative estimate of drug-likeness (QED) is 0.811. The number of aryl methyl sites for hydroxylation is 1. The van der Waals surface area contributed by atoms with Crippen molar-refractivity contribution in [3.05, 3.63) is 59.7 Å². The van der Waals surface area contributed by atoms with Gasteiger partial charge in [0.25, 0.3) is 0 Å². The van der Waals surface area contributed by atoms with E-state index in [4.69, 9.17) is 10.2 Å². The number of benzene rings is 2. The molecule has 0 aromatic heterocycles. The number of hydrogen-bond acceptors (Lipinski definition) is 2. The lowest BCUT2D eigenvalue weighted by molar-refractivity contribution is 0.286. The van der Waals surface area contributed by atoms with E-state index in [2.05, 4.69) is 30.3 Å². The second-order valence-corrected chi connectivity index (χ2v) is 4.96. The zero-order valence-electron chi connectivity index (χ0n) is 11.8. The van der Waals surface area contributed by atoms with Gasteiger partial charge in [-0.2, -0.15) is 0 Å². The van der Waals surface area contributed by atoms with Gasteiger partial charge in [-0.05, 0) is 47.9 Å². The molecule has 0 aliphatic rings. The molecule has 0 bridgehead atoms. The number of aliphatic hydroxyl groups excluding tert-OH is 2. The molecule has 0 aliphatic heterocycles. The second-order valence-electron chi connectivity index (χ2n) is 4.96. The highest BCUT2D eigenvalue weighted by atomic mass is 16.3. The van der Waals surface area contributed by atoms with E-state index in [0.717, 1.165) is 25.7 Å². The molecular formula is C18H22O2. The zero-order chi connectivity index (χ0) is 14.2. The minimum Gasteiger partial charge on any atom is -0.396 e. The van der Waals surface area contributed by atoms with Crippen molar-refractivity contribution in [3.8, 4) is 11.1 Å². The Kier molecular flexibility index (Phi) is 5.78. The Morgan fingerprint density at radius 2 is 1.40 bits per heavy atom. The van der Waals surface area contributed by atoms with Crippen molar-refractivity contribution in [2.75, 3.05) is 13.2 Å². The Morgan fingerprint density at radius 1 is 0.700 bits per heavy atom. The molecule has 0 unspecified atom stereocenters. The monoisotopic (exact) mass is 270 g/mol. The summed E-state index contributed by atoms with van der Waals surface area (Å²) in [6.07, 6.45) is 3.32. The molecule has 2 heteroatoms. The smallest absolute Gasteiger partial charge is 0.0434 e. The van der Waals surface area contributed by atoms with Crippen molar-refractivity contribution in [1.29, 1.82) is 0 Å². The summed E-state index contributed by atoms with van der Waals surface area (Å²) in [6.45, 7) is 0.428. The fourth-order valence-electron chi connectivity index (χ4n) is 2.58. The van der Waals surface area contributed by atoms with Crippen LogP contribution in [-0.4, -0.2) is 23.4 Å². The summed E-state index contributed by atoms with van der Waals surface area (Å²) < 4.78 is 0. The number of aliphatic hydroxyl groups is 2. The molecule has 2 rings (SSSR count). The van der Waals surface area contributed by atoms with Gasteiger partial charge in [-0.25, -0.2) is 0 Å². The van der Waals surface area contributed by atoms with Crippen molar-refractivity contribution >= 4 is 0 Å². The van der Waals surface area contributed by atoms with Gasteiger partial charge in [0.05, 0.1) is 0 Å². The summed E-state index contributed by atoms with van der Waals surface area (Å²) in [5.74, 6) is 0. The van der Waals surface area contributed by atoms with Crippen molar-refractivity contribution < 1.29 is 10.2 Å². The van der Waals surface area contributed by atoms with E-state index in [9.17, 15) is 0 Å². The molecule has 20 heavy (non-hydrogen) atoms. The lowest BCUT2D eigenvalue weighted by Gasteiger charge is -2.15. The van der Waals surface area contributed by atoms with Crippen LogP contribution in [-0.2, 0) is 12.8 Å².